The zero-order valence-electron chi connectivity index (χ0n) is 14.5. The number of carboxylic acid groups (broad SMARTS) is 1. The molecule has 0 spiro atoms. The highest BCUT2D eigenvalue weighted by Gasteiger charge is 2.21. The van der Waals surface area contributed by atoms with Gasteiger partial charge < -0.3 is 19.1 Å². The zero-order valence-corrected chi connectivity index (χ0v) is 14.5. The second-order valence-electron chi connectivity index (χ2n) is 6.69. The van der Waals surface area contributed by atoms with Gasteiger partial charge in [-0.05, 0) is 12.8 Å². The predicted molar refractivity (Wildman–Crippen MR) is 84.9 cm³/mol. The highest BCUT2D eigenvalue weighted by Crippen LogP contribution is 2.07. The summed E-state index contributed by atoms with van der Waals surface area (Å²) >= 11 is 0. The number of ether oxygens (including phenoxy) is 1. The van der Waals surface area contributed by atoms with Gasteiger partial charge in [-0.25, -0.2) is 0 Å². The number of aliphatic carboxylic acids is 1. The molecule has 0 aliphatic heterocycles. The molecule has 0 radical (unpaired) electrons. The van der Waals surface area contributed by atoms with E-state index in [1.807, 2.05) is 27.2 Å². The zero-order chi connectivity index (χ0) is 17.0. The molecule has 0 aliphatic rings. The molecule has 0 aromatic carbocycles. The van der Waals surface area contributed by atoms with Gasteiger partial charge in [-0.1, -0.05) is 38.3 Å². The van der Waals surface area contributed by atoms with Gasteiger partial charge in [-0.3, -0.25) is 4.79 Å². The van der Waals surface area contributed by atoms with E-state index in [2.05, 4.69) is 6.92 Å². The van der Waals surface area contributed by atoms with Crippen LogP contribution in [0.25, 0.3) is 0 Å². The minimum Gasteiger partial charge on any atom is -0.550 e. The van der Waals surface area contributed by atoms with E-state index in [4.69, 9.17) is 4.74 Å². The fraction of sp³-hybridized carbons (Fsp3) is 0.765. The van der Waals surface area contributed by atoms with Crippen LogP contribution in [0.2, 0.25) is 0 Å². The minimum atomic E-state index is -1.20. The van der Waals surface area contributed by atoms with Crippen molar-refractivity contribution < 1.29 is 23.9 Å². The molecule has 0 aliphatic carbocycles. The third-order valence-corrected chi connectivity index (χ3v) is 3.12. The molecule has 0 amide bonds. The van der Waals surface area contributed by atoms with Gasteiger partial charge in [0.25, 0.3) is 0 Å². The highest BCUT2D eigenvalue weighted by atomic mass is 16.5. The molecule has 22 heavy (non-hydrogen) atoms. The second kappa shape index (κ2) is 11.2. The first-order valence-corrected chi connectivity index (χ1v) is 8.09. The topological polar surface area (TPSA) is 66.4 Å². The summed E-state index contributed by atoms with van der Waals surface area (Å²) in [6, 6.07) is 0. The lowest BCUT2D eigenvalue weighted by Gasteiger charge is -2.29. The van der Waals surface area contributed by atoms with E-state index in [0.717, 1.165) is 12.8 Å². The van der Waals surface area contributed by atoms with Crippen LogP contribution in [-0.2, 0) is 14.3 Å². The van der Waals surface area contributed by atoms with Crippen molar-refractivity contribution in [3.8, 4) is 0 Å². The number of carbonyl (C=O) groups is 2. The summed E-state index contributed by atoms with van der Waals surface area (Å²) in [6.07, 6.45) is 8.84. The monoisotopic (exact) mass is 313 g/mol. The molecule has 0 aromatic rings. The van der Waals surface area contributed by atoms with Crippen LogP contribution in [0.15, 0.2) is 12.2 Å². The van der Waals surface area contributed by atoms with Gasteiger partial charge in [-0.2, -0.15) is 0 Å². The SMILES string of the molecule is CCCCCC/C=C/CC(=O)OC(CC(=O)[O-])C[N+](C)(C)C. The third-order valence-electron chi connectivity index (χ3n) is 3.12. The first-order valence-electron chi connectivity index (χ1n) is 8.09. The Kier molecular flexibility index (Phi) is 10.5. The van der Waals surface area contributed by atoms with Gasteiger partial charge in [0.15, 0.2) is 6.10 Å². The van der Waals surface area contributed by atoms with Crippen LogP contribution in [0.3, 0.4) is 0 Å². The quantitative estimate of drug-likeness (QED) is 0.238. The number of unbranched alkanes of at least 4 members (excludes halogenated alkanes) is 4. The molecule has 128 valence electrons. The Hall–Kier alpha value is -1.36. The molecule has 0 saturated carbocycles. The van der Waals surface area contributed by atoms with Crippen molar-refractivity contribution in [3.05, 3.63) is 12.2 Å². The number of carboxylic acids is 1. The van der Waals surface area contributed by atoms with Crippen LogP contribution in [0.5, 0.6) is 0 Å². The van der Waals surface area contributed by atoms with Crippen molar-refractivity contribution in [3.63, 3.8) is 0 Å². The summed E-state index contributed by atoms with van der Waals surface area (Å²) in [6.45, 7) is 2.62. The van der Waals surface area contributed by atoms with E-state index in [9.17, 15) is 14.7 Å². The molecule has 0 N–H and O–H groups in total. The van der Waals surface area contributed by atoms with E-state index < -0.39 is 12.1 Å². The molecule has 0 rings (SSSR count). The number of allylic oxidation sites excluding steroid dienone is 1. The smallest absolute Gasteiger partial charge is 0.310 e. The van der Waals surface area contributed by atoms with E-state index in [0.29, 0.717) is 11.0 Å². The van der Waals surface area contributed by atoms with E-state index in [1.54, 1.807) is 6.08 Å². The normalized spacial score (nSPS) is 13.3. The Morgan fingerprint density at radius 3 is 2.36 bits per heavy atom. The molecule has 0 fully saturated rings. The first-order chi connectivity index (χ1) is 10.2. The second-order valence-corrected chi connectivity index (χ2v) is 6.69. The maximum absolute atomic E-state index is 11.8. The number of hydrogen-bond acceptors (Lipinski definition) is 4. The van der Waals surface area contributed by atoms with Crippen molar-refractivity contribution in [2.45, 2.75) is 58.0 Å². The van der Waals surface area contributed by atoms with Gasteiger partial charge in [0.05, 0.1) is 27.6 Å². The molecule has 0 saturated heterocycles. The fourth-order valence-electron chi connectivity index (χ4n) is 2.16. The number of carbonyl (C=O) groups excluding carboxylic acids is 2. The average molecular weight is 313 g/mol. The van der Waals surface area contributed by atoms with Crippen molar-refractivity contribution >= 4 is 11.9 Å². The standard InChI is InChI=1S/C17H31NO4/c1-5-6-7-8-9-10-11-12-17(21)22-15(13-16(19)20)14-18(2,3)4/h10-11,15H,5-9,12-14H2,1-4H3/b11-10+. The van der Waals surface area contributed by atoms with Crippen molar-refractivity contribution in [1.82, 2.24) is 0 Å². The van der Waals surface area contributed by atoms with Gasteiger partial charge in [0, 0.05) is 12.4 Å². The molecule has 5 heteroatoms. The number of hydrogen-bond donors (Lipinski definition) is 0. The first kappa shape index (κ1) is 20.6. The van der Waals surface area contributed by atoms with Crippen molar-refractivity contribution in [1.29, 1.82) is 0 Å². The largest absolute Gasteiger partial charge is 0.550 e. The number of esters is 1. The van der Waals surface area contributed by atoms with Crippen LogP contribution in [0, 0.1) is 0 Å². The number of quaternary nitrogens is 1. The van der Waals surface area contributed by atoms with Crippen LogP contribution >= 0.6 is 0 Å². The van der Waals surface area contributed by atoms with Gasteiger partial charge >= 0.3 is 5.97 Å². The summed E-state index contributed by atoms with van der Waals surface area (Å²) in [4.78, 5) is 22.5. The van der Waals surface area contributed by atoms with Gasteiger partial charge in [0.2, 0.25) is 0 Å². The lowest BCUT2D eigenvalue weighted by molar-refractivity contribution is -0.873. The number of likely N-dealkylation sites (N-methyl/N-ethyl adjacent to an activating group) is 1. The highest BCUT2D eigenvalue weighted by molar-refractivity contribution is 5.72. The summed E-state index contributed by atoms with van der Waals surface area (Å²) < 4.78 is 5.78. The van der Waals surface area contributed by atoms with Crippen molar-refractivity contribution in [2.24, 2.45) is 0 Å². The van der Waals surface area contributed by atoms with Crippen LogP contribution in [0.1, 0.15) is 51.9 Å². The van der Waals surface area contributed by atoms with E-state index in [-0.39, 0.29) is 18.8 Å². The van der Waals surface area contributed by atoms with Crippen molar-refractivity contribution in [2.75, 3.05) is 27.7 Å². The van der Waals surface area contributed by atoms with Crippen LogP contribution < -0.4 is 5.11 Å². The summed E-state index contributed by atoms with van der Waals surface area (Å²) in [5, 5.41) is 10.7. The van der Waals surface area contributed by atoms with E-state index >= 15 is 0 Å². The minimum absolute atomic E-state index is 0.189. The molecular weight excluding hydrogens is 282 g/mol. The Morgan fingerprint density at radius 2 is 1.82 bits per heavy atom. The molecule has 0 heterocycles. The van der Waals surface area contributed by atoms with Gasteiger partial charge in [-0.15, -0.1) is 0 Å². The number of rotatable bonds is 12. The Bertz CT molecular complexity index is 358. The lowest BCUT2D eigenvalue weighted by atomic mass is 10.1. The molecule has 1 unspecified atom stereocenters. The summed E-state index contributed by atoms with van der Waals surface area (Å²) in [5.74, 6) is -1.58. The Labute approximate surface area is 134 Å². The van der Waals surface area contributed by atoms with Gasteiger partial charge in [0.1, 0.15) is 6.54 Å². The van der Waals surface area contributed by atoms with E-state index in [1.165, 1.54) is 19.3 Å². The summed E-state index contributed by atoms with van der Waals surface area (Å²) in [7, 11) is 5.77. The van der Waals surface area contributed by atoms with Crippen LogP contribution in [-0.4, -0.2) is 50.2 Å². The lowest BCUT2D eigenvalue weighted by Crippen LogP contribution is -2.45. The Balaban J connectivity index is 4.11. The maximum Gasteiger partial charge on any atom is 0.310 e. The molecule has 0 aromatic heterocycles. The predicted octanol–water partition coefficient (Wildman–Crippen LogP) is 1.66. The maximum atomic E-state index is 11.8. The fourth-order valence-corrected chi connectivity index (χ4v) is 2.16. The molecule has 5 nitrogen and oxygen atoms in total. The summed E-state index contributed by atoms with van der Waals surface area (Å²) in [5.41, 5.74) is 0. The molecular formula is C17H31NO4. The molecule has 1 atom stereocenters. The number of nitrogens with zero attached hydrogens (tertiary/aromatic N) is 1. The van der Waals surface area contributed by atoms with Crippen LogP contribution in [0.4, 0.5) is 0 Å². The molecule has 0 bridgehead atoms. The third kappa shape index (κ3) is 13.6. The average Bonchev–Trinajstić information content (AvgIpc) is 2.34. The Morgan fingerprint density at radius 1 is 1.14 bits per heavy atom.